The van der Waals surface area contributed by atoms with E-state index in [4.69, 9.17) is 5.73 Å². The Labute approximate surface area is 133 Å². The van der Waals surface area contributed by atoms with Gasteiger partial charge in [-0.1, -0.05) is 29.2 Å². The van der Waals surface area contributed by atoms with Gasteiger partial charge in [0.05, 0.1) is 5.75 Å². The number of fused-ring (bicyclic) bond motifs is 1. The molecule has 0 radical (unpaired) electrons. The number of thioether (sulfide) groups is 1. The first-order valence-corrected chi connectivity index (χ1v) is 8.09. The average molecular weight is 336 g/mol. The van der Waals surface area contributed by atoms with Crippen LogP contribution in [-0.4, -0.2) is 44.1 Å². The summed E-state index contributed by atoms with van der Waals surface area (Å²) in [6.45, 7) is 0.487. The van der Waals surface area contributed by atoms with Gasteiger partial charge in [-0.2, -0.15) is 0 Å². The third-order valence-corrected chi connectivity index (χ3v) is 4.78. The van der Waals surface area contributed by atoms with E-state index in [1.54, 1.807) is 11.9 Å². The molecule has 1 aromatic carbocycles. The summed E-state index contributed by atoms with van der Waals surface area (Å²) < 4.78 is 5.35. The minimum atomic E-state index is -0.00264. The van der Waals surface area contributed by atoms with Gasteiger partial charge in [-0.25, -0.2) is 4.63 Å². The molecule has 2 aromatic heterocycles. The topological polar surface area (TPSA) is 111 Å². The summed E-state index contributed by atoms with van der Waals surface area (Å²) in [6, 6.07) is 5.57. The van der Waals surface area contributed by atoms with Crippen molar-refractivity contribution in [1.82, 2.24) is 25.4 Å². The highest BCUT2D eigenvalue weighted by atomic mass is 32.2. The van der Waals surface area contributed by atoms with Crippen LogP contribution in [0, 0.1) is 0 Å². The maximum Gasteiger partial charge on any atom is 0.233 e. The quantitative estimate of drug-likeness (QED) is 0.696. The fourth-order valence-corrected chi connectivity index (χ4v) is 3.38. The molecule has 0 aliphatic heterocycles. The summed E-state index contributed by atoms with van der Waals surface area (Å²) in [5.41, 5.74) is 7.84. The van der Waals surface area contributed by atoms with E-state index in [-0.39, 0.29) is 5.91 Å². The summed E-state index contributed by atoms with van der Waals surface area (Å²) in [5, 5.41) is 15.5. The Hall–Kier alpha value is -2.20. The van der Waals surface area contributed by atoms with Crippen molar-refractivity contribution in [2.24, 2.45) is 0 Å². The monoisotopic (exact) mass is 336 g/mol. The van der Waals surface area contributed by atoms with Gasteiger partial charge >= 0.3 is 0 Å². The summed E-state index contributed by atoms with van der Waals surface area (Å²) in [6.07, 6.45) is 0. The molecule has 0 atom stereocenters. The first-order chi connectivity index (χ1) is 10.6. The number of hydrogen-bond acceptors (Lipinski definition) is 9. The maximum atomic E-state index is 12.1. The van der Waals surface area contributed by atoms with Crippen molar-refractivity contribution in [2.75, 3.05) is 18.5 Å². The van der Waals surface area contributed by atoms with Gasteiger partial charge in [-0.15, -0.1) is 10.2 Å². The SMILES string of the molecule is CN(Cc1ccc2nonc2c1)C(=O)CSc1nnc(N)s1. The third kappa shape index (κ3) is 3.34. The van der Waals surface area contributed by atoms with E-state index in [2.05, 4.69) is 25.1 Å². The smallest absolute Gasteiger partial charge is 0.233 e. The Morgan fingerprint density at radius 1 is 1.36 bits per heavy atom. The third-order valence-electron chi connectivity index (χ3n) is 2.90. The average Bonchev–Trinajstić information content (AvgIpc) is 3.12. The second kappa shape index (κ2) is 6.28. The zero-order valence-corrected chi connectivity index (χ0v) is 13.2. The molecule has 2 N–H and O–H groups in total. The van der Waals surface area contributed by atoms with Gasteiger partial charge in [-0.3, -0.25) is 4.79 Å². The lowest BCUT2D eigenvalue weighted by Crippen LogP contribution is -2.27. The van der Waals surface area contributed by atoms with E-state index in [1.807, 2.05) is 18.2 Å². The van der Waals surface area contributed by atoms with E-state index >= 15 is 0 Å². The lowest BCUT2D eigenvalue weighted by atomic mass is 10.2. The molecule has 1 amide bonds. The Kier molecular flexibility index (Phi) is 4.20. The summed E-state index contributed by atoms with van der Waals surface area (Å²) in [5.74, 6) is 0.288. The van der Waals surface area contributed by atoms with E-state index < -0.39 is 0 Å². The molecule has 0 saturated carbocycles. The van der Waals surface area contributed by atoms with Crippen molar-refractivity contribution in [2.45, 2.75) is 10.9 Å². The summed E-state index contributed by atoms with van der Waals surface area (Å²) in [4.78, 5) is 13.8. The molecule has 0 aliphatic rings. The molecule has 2 heterocycles. The van der Waals surface area contributed by atoms with Gasteiger partial charge in [0, 0.05) is 13.6 Å². The van der Waals surface area contributed by atoms with Crippen LogP contribution in [0.15, 0.2) is 27.2 Å². The van der Waals surface area contributed by atoms with Crippen molar-refractivity contribution in [3.8, 4) is 0 Å². The highest BCUT2D eigenvalue weighted by Gasteiger charge is 2.12. The maximum absolute atomic E-state index is 12.1. The van der Waals surface area contributed by atoms with Gasteiger partial charge in [-0.05, 0) is 28.0 Å². The second-order valence-electron chi connectivity index (χ2n) is 4.53. The lowest BCUT2D eigenvalue weighted by Gasteiger charge is -2.16. The number of aromatic nitrogens is 4. The number of nitrogen functional groups attached to an aromatic ring is 1. The van der Waals surface area contributed by atoms with Crippen LogP contribution in [0.1, 0.15) is 5.56 Å². The molecular formula is C12H12N6O2S2. The summed E-state index contributed by atoms with van der Waals surface area (Å²) >= 11 is 2.60. The van der Waals surface area contributed by atoms with E-state index in [0.29, 0.717) is 32.8 Å². The predicted octanol–water partition coefficient (Wildman–Crippen LogP) is 1.41. The Balaban J connectivity index is 1.58. The molecule has 3 rings (SSSR count). The Morgan fingerprint density at radius 2 is 2.18 bits per heavy atom. The van der Waals surface area contributed by atoms with E-state index in [0.717, 1.165) is 5.56 Å². The first-order valence-electron chi connectivity index (χ1n) is 6.29. The predicted molar refractivity (Wildman–Crippen MR) is 83.3 cm³/mol. The highest BCUT2D eigenvalue weighted by molar-refractivity contribution is 8.01. The number of anilines is 1. The molecule has 8 nitrogen and oxygen atoms in total. The van der Waals surface area contributed by atoms with Crippen molar-refractivity contribution in [1.29, 1.82) is 0 Å². The van der Waals surface area contributed by atoms with Gasteiger partial charge in [0.2, 0.25) is 11.0 Å². The van der Waals surface area contributed by atoms with Crippen molar-refractivity contribution in [3.63, 3.8) is 0 Å². The van der Waals surface area contributed by atoms with Crippen LogP contribution >= 0.6 is 23.1 Å². The zero-order chi connectivity index (χ0) is 15.5. The van der Waals surface area contributed by atoms with E-state index in [1.165, 1.54) is 23.1 Å². The Bertz CT molecular complexity index is 802. The van der Waals surface area contributed by atoms with Gasteiger partial charge in [0.25, 0.3) is 0 Å². The number of rotatable bonds is 5. The van der Waals surface area contributed by atoms with Crippen LogP contribution in [-0.2, 0) is 11.3 Å². The van der Waals surface area contributed by atoms with Crippen LogP contribution in [0.3, 0.4) is 0 Å². The first kappa shape index (κ1) is 14.7. The zero-order valence-electron chi connectivity index (χ0n) is 11.6. The second-order valence-corrected chi connectivity index (χ2v) is 6.76. The minimum Gasteiger partial charge on any atom is -0.374 e. The molecule has 0 fully saturated rings. The van der Waals surface area contributed by atoms with Crippen molar-refractivity contribution < 1.29 is 9.42 Å². The minimum absolute atomic E-state index is 0.00264. The van der Waals surface area contributed by atoms with Crippen LogP contribution in [0.4, 0.5) is 5.13 Å². The van der Waals surface area contributed by atoms with E-state index in [9.17, 15) is 4.79 Å². The fourth-order valence-electron chi connectivity index (χ4n) is 1.80. The lowest BCUT2D eigenvalue weighted by molar-refractivity contribution is -0.127. The van der Waals surface area contributed by atoms with Gasteiger partial charge in [0.1, 0.15) is 11.0 Å². The molecule has 22 heavy (non-hydrogen) atoms. The number of carbonyl (C=O) groups is 1. The Morgan fingerprint density at radius 3 is 2.95 bits per heavy atom. The molecule has 0 aliphatic carbocycles. The van der Waals surface area contributed by atoms with Crippen molar-refractivity contribution >= 4 is 45.2 Å². The normalized spacial score (nSPS) is 11.0. The number of benzene rings is 1. The van der Waals surface area contributed by atoms with Crippen LogP contribution in [0.5, 0.6) is 0 Å². The highest BCUT2D eigenvalue weighted by Crippen LogP contribution is 2.23. The standard InChI is InChI=1S/C12H12N6O2S2/c1-18(10(19)6-21-12-15-14-11(13)22-12)5-7-2-3-8-9(4-7)17-20-16-8/h2-4H,5-6H2,1H3,(H2,13,14). The van der Waals surface area contributed by atoms with Crippen LogP contribution < -0.4 is 5.73 Å². The molecule has 0 unspecified atom stereocenters. The number of hydrogen-bond donors (Lipinski definition) is 1. The molecule has 0 spiro atoms. The largest absolute Gasteiger partial charge is 0.374 e. The number of nitrogens with zero attached hydrogens (tertiary/aromatic N) is 5. The molecule has 10 heteroatoms. The molecule has 114 valence electrons. The number of carbonyl (C=O) groups excluding carboxylic acids is 1. The molecule has 3 aromatic rings. The molecule has 0 saturated heterocycles. The fraction of sp³-hybridized carbons (Fsp3) is 0.250. The number of amides is 1. The van der Waals surface area contributed by atoms with Crippen LogP contribution in [0.2, 0.25) is 0 Å². The molecule has 0 bridgehead atoms. The summed E-state index contributed by atoms with van der Waals surface area (Å²) in [7, 11) is 1.75. The van der Waals surface area contributed by atoms with Crippen molar-refractivity contribution in [3.05, 3.63) is 23.8 Å². The number of nitrogens with two attached hydrogens (primary N) is 1. The van der Waals surface area contributed by atoms with Crippen LogP contribution in [0.25, 0.3) is 11.0 Å². The van der Waals surface area contributed by atoms with Gasteiger partial charge < -0.3 is 10.6 Å². The van der Waals surface area contributed by atoms with Gasteiger partial charge in [0.15, 0.2) is 4.34 Å². The molecular weight excluding hydrogens is 324 g/mol.